The van der Waals surface area contributed by atoms with E-state index in [9.17, 15) is 0 Å². The van der Waals surface area contributed by atoms with E-state index in [0.717, 1.165) is 18.6 Å². The van der Waals surface area contributed by atoms with Crippen molar-refractivity contribution in [2.75, 3.05) is 7.11 Å². The first-order chi connectivity index (χ1) is 7.13. The number of hydrogen-bond donors (Lipinski definition) is 1. The molecule has 0 saturated carbocycles. The van der Waals surface area contributed by atoms with Crippen LogP contribution < -0.4 is 10.5 Å². The highest BCUT2D eigenvalue weighted by Crippen LogP contribution is 2.15. The first-order valence-corrected chi connectivity index (χ1v) is 5.52. The molecule has 1 rings (SSSR count). The second-order valence-corrected chi connectivity index (χ2v) is 4.22. The highest BCUT2D eigenvalue weighted by Gasteiger charge is 2.07. The molecule has 2 unspecified atom stereocenters. The molecule has 2 atom stereocenters. The van der Waals surface area contributed by atoms with Gasteiger partial charge in [-0.2, -0.15) is 0 Å². The zero-order chi connectivity index (χ0) is 11.3. The molecule has 0 aromatic heterocycles. The molecule has 2 heteroatoms. The van der Waals surface area contributed by atoms with Crippen molar-refractivity contribution in [1.82, 2.24) is 0 Å². The van der Waals surface area contributed by atoms with Gasteiger partial charge in [0.25, 0.3) is 0 Å². The third kappa shape index (κ3) is 3.92. The normalized spacial score (nSPS) is 14.7. The summed E-state index contributed by atoms with van der Waals surface area (Å²) in [5.74, 6) is 1.49. The van der Waals surface area contributed by atoms with Crippen molar-refractivity contribution in [3.05, 3.63) is 29.8 Å². The average molecular weight is 207 g/mol. The second kappa shape index (κ2) is 5.76. The molecule has 84 valence electrons. The molecule has 2 N–H and O–H groups in total. The van der Waals surface area contributed by atoms with Crippen LogP contribution >= 0.6 is 0 Å². The van der Waals surface area contributed by atoms with E-state index in [1.165, 1.54) is 5.56 Å². The summed E-state index contributed by atoms with van der Waals surface area (Å²) >= 11 is 0. The lowest BCUT2D eigenvalue weighted by Gasteiger charge is -2.15. The number of rotatable bonds is 5. The third-order valence-corrected chi connectivity index (χ3v) is 2.94. The molecule has 15 heavy (non-hydrogen) atoms. The van der Waals surface area contributed by atoms with Gasteiger partial charge in [-0.1, -0.05) is 19.1 Å². The van der Waals surface area contributed by atoms with Gasteiger partial charge in [0.05, 0.1) is 7.11 Å². The molecule has 0 saturated heterocycles. The lowest BCUT2D eigenvalue weighted by molar-refractivity contribution is 0.414. The van der Waals surface area contributed by atoms with Crippen LogP contribution in [0.5, 0.6) is 5.75 Å². The predicted molar refractivity (Wildman–Crippen MR) is 64.1 cm³/mol. The van der Waals surface area contributed by atoms with Gasteiger partial charge in [0.15, 0.2) is 0 Å². The highest BCUT2D eigenvalue weighted by atomic mass is 16.5. The molecular weight excluding hydrogens is 186 g/mol. The second-order valence-electron chi connectivity index (χ2n) is 4.22. The van der Waals surface area contributed by atoms with Gasteiger partial charge in [-0.05, 0) is 43.4 Å². The molecule has 0 radical (unpaired) electrons. The Bertz CT molecular complexity index is 279. The van der Waals surface area contributed by atoms with Crippen LogP contribution in [-0.4, -0.2) is 13.2 Å². The van der Waals surface area contributed by atoms with Gasteiger partial charge in [0, 0.05) is 6.04 Å². The van der Waals surface area contributed by atoms with Gasteiger partial charge in [-0.15, -0.1) is 0 Å². The number of methoxy groups -OCH3 is 1. The zero-order valence-electron chi connectivity index (χ0n) is 9.86. The minimum absolute atomic E-state index is 0.281. The Hall–Kier alpha value is -1.02. The quantitative estimate of drug-likeness (QED) is 0.805. The fourth-order valence-corrected chi connectivity index (χ4v) is 1.45. The third-order valence-electron chi connectivity index (χ3n) is 2.94. The van der Waals surface area contributed by atoms with Gasteiger partial charge < -0.3 is 10.5 Å². The maximum Gasteiger partial charge on any atom is 0.118 e. The van der Waals surface area contributed by atoms with Gasteiger partial charge in [0.2, 0.25) is 0 Å². The average Bonchev–Trinajstić information content (AvgIpc) is 2.26. The lowest BCUT2D eigenvalue weighted by Crippen LogP contribution is -2.24. The number of benzene rings is 1. The van der Waals surface area contributed by atoms with E-state index >= 15 is 0 Å². The topological polar surface area (TPSA) is 35.2 Å². The van der Waals surface area contributed by atoms with E-state index in [0.29, 0.717) is 5.92 Å². The summed E-state index contributed by atoms with van der Waals surface area (Å²) < 4.78 is 5.11. The first-order valence-electron chi connectivity index (χ1n) is 5.52. The molecule has 2 nitrogen and oxygen atoms in total. The van der Waals surface area contributed by atoms with Crippen LogP contribution in [0.3, 0.4) is 0 Å². The first kappa shape index (κ1) is 12.1. The fraction of sp³-hybridized carbons (Fsp3) is 0.538. The van der Waals surface area contributed by atoms with Crippen molar-refractivity contribution in [2.24, 2.45) is 11.7 Å². The van der Waals surface area contributed by atoms with Crippen molar-refractivity contribution in [1.29, 1.82) is 0 Å². The van der Waals surface area contributed by atoms with E-state index in [2.05, 4.69) is 26.0 Å². The molecule has 0 bridgehead atoms. The molecule has 1 aromatic carbocycles. The Morgan fingerprint density at radius 3 is 2.27 bits per heavy atom. The van der Waals surface area contributed by atoms with E-state index in [1.807, 2.05) is 12.1 Å². The van der Waals surface area contributed by atoms with Crippen LogP contribution in [0.1, 0.15) is 25.8 Å². The summed E-state index contributed by atoms with van der Waals surface area (Å²) in [6.07, 6.45) is 2.23. The Balaban J connectivity index is 2.44. The zero-order valence-corrected chi connectivity index (χ0v) is 9.86. The summed E-state index contributed by atoms with van der Waals surface area (Å²) in [5, 5.41) is 0. The molecular formula is C13H21NO. The minimum Gasteiger partial charge on any atom is -0.497 e. The van der Waals surface area contributed by atoms with Gasteiger partial charge >= 0.3 is 0 Å². The van der Waals surface area contributed by atoms with Crippen molar-refractivity contribution >= 4 is 0 Å². The smallest absolute Gasteiger partial charge is 0.118 e. The Kier molecular flexibility index (Phi) is 4.63. The van der Waals surface area contributed by atoms with E-state index < -0.39 is 0 Å². The van der Waals surface area contributed by atoms with Gasteiger partial charge in [-0.3, -0.25) is 0 Å². The number of ether oxygens (including phenoxy) is 1. The number of hydrogen-bond acceptors (Lipinski definition) is 2. The van der Waals surface area contributed by atoms with E-state index in [-0.39, 0.29) is 6.04 Å². The van der Waals surface area contributed by atoms with Crippen LogP contribution in [-0.2, 0) is 6.42 Å². The molecule has 0 aliphatic carbocycles. The summed E-state index contributed by atoms with van der Waals surface area (Å²) in [6.45, 7) is 4.27. The maximum absolute atomic E-state index is 5.83. The summed E-state index contributed by atoms with van der Waals surface area (Å²) in [7, 11) is 1.69. The number of nitrogens with two attached hydrogens (primary N) is 1. The maximum atomic E-state index is 5.83. The van der Waals surface area contributed by atoms with Crippen LogP contribution in [0.15, 0.2) is 24.3 Å². The minimum atomic E-state index is 0.281. The summed E-state index contributed by atoms with van der Waals surface area (Å²) in [5.41, 5.74) is 7.18. The highest BCUT2D eigenvalue weighted by molar-refractivity contribution is 5.27. The van der Waals surface area contributed by atoms with Crippen LogP contribution in [0.2, 0.25) is 0 Å². The Morgan fingerprint density at radius 1 is 1.20 bits per heavy atom. The van der Waals surface area contributed by atoms with Crippen molar-refractivity contribution in [3.8, 4) is 5.75 Å². The molecule has 1 aromatic rings. The monoisotopic (exact) mass is 207 g/mol. The molecule has 0 spiro atoms. The lowest BCUT2D eigenvalue weighted by atomic mass is 9.96. The standard InChI is InChI=1S/C13H21NO/c1-10(11(2)14)4-5-12-6-8-13(15-3)9-7-12/h6-11H,4-5,14H2,1-3H3. The van der Waals surface area contributed by atoms with Gasteiger partial charge in [0.1, 0.15) is 5.75 Å². The fourth-order valence-electron chi connectivity index (χ4n) is 1.45. The van der Waals surface area contributed by atoms with Crippen molar-refractivity contribution < 1.29 is 4.74 Å². The molecule has 0 heterocycles. The SMILES string of the molecule is COc1ccc(CCC(C)C(C)N)cc1. The summed E-state index contributed by atoms with van der Waals surface area (Å²) in [6, 6.07) is 8.53. The van der Waals surface area contributed by atoms with Crippen LogP contribution in [0, 0.1) is 5.92 Å². The molecule has 0 aliphatic rings. The van der Waals surface area contributed by atoms with Crippen LogP contribution in [0.4, 0.5) is 0 Å². The largest absolute Gasteiger partial charge is 0.497 e. The molecule has 0 fully saturated rings. The van der Waals surface area contributed by atoms with E-state index in [1.54, 1.807) is 7.11 Å². The summed E-state index contributed by atoms with van der Waals surface area (Å²) in [4.78, 5) is 0. The van der Waals surface area contributed by atoms with Crippen molar-refractivity contribution in [3.63, 3.8) is 0 Å². The predicted octanol–water partition coefficient (Wildman–Crippen LogP) is 2.61. The van der Waals surface area contributed by atoms with Crippen LogP contribution in [0.25, 0.3) is 0 Å². The number of aryl methyl sites for hydroxylation is 1. The van der Waals surface area contributed by atoms with Crippen molar-refractivity contribution in [2.45, 2.75) is 32.7 Å². The Labute approximate surface area is 92.4 Å². The molecule has 0 amide bonds. The molecule has 0 aliphatic heterocycles. The van der Waals surface area contributed by atoms with Gasteiger partial charge in [-0.25, -0.2) is 0 Å². The Morgan fingerprint density at radius 2 is 1.80 bits per heavy atom. The van der Waals surface area contributed by atoms with E-state index in [4.69, 9.17) is 10.5 Å².